The standard InChI is InChI=1S/C16H11BrN2/c17-15-7-3-1-5-12(15)10-19-11-13(9-18)14-6-2-4-8-16(14)19/h1-8,11H,10H2. The lowest BCUT2D eigenvalue weighted by atomic mass is 10.2. The van der Waals surface area contributed by atoms with Gasteiger partial charge in [-0.3, -0.25) is 0 Å². The van der Waals surface area contributed by atoms with E-state index in [4.69, 9.17) is 0 Å². The SMILES string of the molecule is N#Cc1cn(Cc2ccccc2Br)c2ccccc12. The van der Waals surface area contributed by atoms with Crippen molar-refractivity contribution in [3.8, 4) is 6.07 Å². The predicted octanol–water partition coefficient (Wildman–Crippen LogP) is 4.32. The number of nitriles is 1. The number of halogens is 1. The molecule has 0 saturated carbocycles. The molecule has 1 heterocycles. The lowest BCUT2D eigenvalue weighted by molar-refractivity contribution is 0.832. The molecule has 0 unspecified atom stereocenters. The molecule has 0 fully saturated rings. The van der Waals surface area contributed by atoms with Gasteiger partial charge in [0.15, 0.2) is 0 Å². The number of hydrogen-bond acceptors (Lipinski definition) is 1. The van der Waals surface area contributed by atoms with Gasteiger partial charge in [-0.05, 0) is 17.7 Å². The minimum absolute atomic E-state index is 0.725. The first kappa shape index (κ1) is 12.0. The van der Waals surface area contributed by atoms with Gasteiger partial charge in [0.1, 0.15) is 6.07 Å². The highest BCUT2D eigenvalue weighted by molar-refractivity contribution is 9.10. The fourth-order valence-corrected chi connectivity index (χ4v) is 2.69. The first-order valence-electron chi connectivity index (χ1n) is 6.01. The Morgan fingerprint density at radius 2 is 1.79 bits per heavy atom. The highest BCUT2D eigenvalue weighted by atomic mass is 79.9. The number of rotatable bonds is 2. The molecule has 19 heavy (non-hydrogen) atoms. The van der Waals surface area contributed by atoms with Crippen molar-refractivity contribution in [2.24, 2.45) is 0 Å². The maximum atomic E-state index is 9.20. The number of aromatic nitrogens is 1. The van der Waals surface area contributed by atoms with Crippen LogP contribution in [-0.2, 0) is 6.54 Å². The molecule has 0 aliphatic carbocycles. The molecule has 3 aromatic rings. The summed E-state index contributed by atoms with van der Waals surface area (Å²) in [5.41, 5.74) is 3.02. The van der Waals surface area contributed by atoms with E-state index in [0.717, 1.165) is 27.5 Å². The molecule has 3 heteroatoms. The molecule has 0 radical (unpaired) electrons. The second kappa shape index (κ2) is 4.91. The van der Waals surface area contributed by atoms with Gasteiger partial charge in [-0.15, -0.1) is 0 Å². The number of benzene rings is 2. The third kappa shape index (κ3) is 2.16. The van der Waals surface area contributed by atoms with Crippen molar-refractivity contribution in [2.45, 2.75) is 6.54 Å². The monoisotopic (exact) mass is 310 g/mol. The van der Waals surface area contributed by atoms with Crippen LogP contribution in [0.3, 0.4) is 0 Å². The van der Waals surface area contributed by atoms with Crippen molar-refractivity contribution in [1.29, 1.82) is 5.26 Å². The van der Waals surface area contributed by atoms with Gasteiger partial charge >= 0.3 is 0 Å². The summed E-state index contributed by atoms with van der Waals surface area (Å²) in [6.07, 6.45) is 1.92. The molecular formula is C16H11BrN2. The van der Waals surface area contributed by atoms with Crippen LogP contribution < -0.4 is 0 Å². The Hall–Kier alpha value is -2.05. The Bertz CT molecular complexity index is 781. The first-order chi connectivity index (χ1) is 9.29. The Kier molecular flexibility index (Phi) is 3.10. The summed E-state index contributed by atoms with van der Waals surface area (Å²) in [5.74, 6) is 0. The van der Waals surface area contributed by atoms with Gasteiger partial charge in [0.2, 0.25) is 0 Å². The summed E-state index contributed by atoms with van der Waals surface area (Å²) in [6.45, 7) is 0.754. The molecule has 2 aromatic carbocycles. The average Bonchev–Trinajstić information content (AvgIpc) is 2.80. The molecule has 0 N–H and O–H groups in total. The zero-order chi connectivity index (χ0) is 13.2. The molecule has 0 saturated heterocycles. The van der Waals surface area contributed by atoms with Gasteiger partial charge in [-0.1, -0.05) is 52.3 Å². The zero-order valence-electron chi connectivity index (χ0n) is 10.2. The Morgan fingerprint density at radius 3 is 2.58 bits per heavy atom. The third-order valence-electron chi connectivity index (χ3n) is 3.21. The summed E-state index contributed by atoms with van der Waals surface area (Å²) in [4.78, 5) is 0. The van der Waals surface area contributed by atoms with Crippen molar-refractivity contribution in [3.05, 3.63) is 70.3 Å². The van der Waals surface area contributed by atoms with Crippen molar-refractivity contribution < 1.29 is 0 Å². The highest BCUT2D eigenvalue weighted by Crippen LogP contribution is 2.24. The van der Waals surface area contributed by atoms with Crippen molar-refractivity contribution in [3.63, 3.8) is 0 Å². The van der Waals surface area contributed by atoms with E-state index >= 15 is 0 Å². The molecule has 0 atom stereocenters. The summed E-state index contributed by atoms with van der Waals surface area (Å²) >= 11 is 3.56. The Morgan fingerprint density at radius 1 is 1.05 bits per heavy atom. The van der Waals surface area contributed by atoms with E-state index in [2.05, 4.69) is 32.6 Å². The van der Waals surface area contributed by atoms with Crippen LogP contribution in [0.1, 0.15) is 11.1 Å². The maximum absolute atomic E-state index is 9.20. The zero-order valence-corrected chi connectivity index (χ0v) is 11.8. The minimum atomic E-state index is 0.725. The first-order valence-corrected chi connectivity index (χ1v) is 6.80. The fraction of sp³-hybridized carbons (Fsp3) is 0.0625. The van der Waals surface area contributed by atoms with Crippen LogP contribution in [0.2, 0.25) is 0 Å². The van der Waals surface area contributed by atoms with E-state index in [9.17, 15) is 5.26 Å². The second-order valence-corrected chi connectivity index (χ2v) is 5.25. The predicted molar refractivity (Wildman–Crippen MR) is 79.9 cm³/mol. The van der Waals surface area contributed by atoms with Crippen LogP contribution >= 0.6 is 15.9 Å². The van der Waals surface area contributed by atoms with E-state index in [-0.39, 0.29) is 0 Å². The smallest absolute Gasteiger partial charge is 0.101 e. The quantitative estimate of drug-likeness (QED) is 0.693. The average molecular weight is 311 g/mol. The van der Waals surface area contributed by atoms with E-state index < -0.39 is 0 Å². The van der Waals surface area contributed by atoms with E-state index in [1.807, 2.05) is 48.7 Å². The molecular weight excluding hydrogens is 300 g/mol. The molecule has 0 aliphatic rings. The minimum Gasteiger partial charge on any atom is -0.342 e. The van der Waals surface area contributed by atoms with E-state index in [1.165, 1.54) is 5.56 Å². The van der Waals surface area contributed by atoms with Crippen molar-refractivity contribution >= 4 is 26.8 Å². The van der Waals surface area contributed by atoms with Crippen LogP contribution in [0.25, 0.3) is 10.9 Å². The number of para-hydroxylation sites is 1. The fourth-order valence-electron chi connectivity index (χ4n) is 2.28. The third-order valence-corrected chi connectivity index (χ3v) is 3.98. The van der Waals surface area contributed by atoms with Crippen LogP contribution in [-0.4, -0.2) is 4.57 Å². The normalized spacial score (nSPS) is 10.5. The van der Waals surface area contributed by atoms with Crippen LogP contribution in [0.15, 0.2) is 59.2 Å². The Balaban J connectivity index is 2.12. The number of hydrogen-bond donors (Lipinski definition) is 0. The molecule has 3 rings (SSSR count). The summed E-state index contributed by atoms with van der Waals surface area (Å²) in [6, 6.07) is 18.4. The molecule has 0 spiro atoms. The van der Waals surface area contributed by atoms with Gasteiger partial charge in [0, 0.05) is 28.1 Å². The largest absolute Gasteiger partial charge is 0.342 e. The number of fused-ring (bicyclic) bond motifs is 1. The van der Waals surface area contributed by atoms with Gasteiger partial charge in [-0.25, -0.2) is 0 Å². The molecule has 0 amide bonds. The van der Waals surface area contributed by atoms with Crippen LogP contribution in [0, 0.1) is 11.3 Å². The summed E-state index contributed by atoms with van der Waals surface area (Å²) in [7, 11) is 0. The van der Waals surface area contributed by atoms with Crippen molar-refractivity contribution in [1.82, 2.24) is 4.57 Å². The lowest BCUT2D eigenvalue weighted by Crippen LogP contribution is -1.98. The summed E-state index contributed by atoms with van der Waals surface area (Å²) in [5, 5.41) is 10.2. The van der Waals surface area contributed by atoms with Crippen LogP contribution in [0.5, 0.6) is 0 Å². The van der Waals surface area contributed by atoms with Crippen LogP contribution in [0.4, 0.5) is 0 Å². The molecule has 0 aliphatic heterocycles. The molecule has 2 nitrogen and oxygen atoms in total. The molecule has 1 aromatic heterocycles. The van der Waals surface area contributed by atoms with E-state index in [0.29, 0.717) is 0 Å². The van der Waals surface area contributed by atoms with Crippen molar-refractivity contribution in [2.75, 3.05) is 0 Å². The topological polar surface area (TPSA) is 28.7 Å². The summed E-state index contributed by atoms with van der Waals surface area (Å²) < 4.78 is 3.21. The van der Waals surface area contributed by atoms with Gasteiger partial charge < -0.3 is 4.57 Å². The maximum Gasteiger partial charge on any atom is 0.101 e. The second-order valence-electron chi connectivity index (χ2n) is 4.39. The van der Waals surface area contributed by atoms with Gasteiger partial charge in [-0.2, -0.15) is 5.26 Å². The lowest BCUT2D eigenvalue weighted by Gasteiger charge is -2.07. The van der Waals surface area contributed by atoms with Gasteiger partial charge in [0.25, 0.3) is 0 Å². The highest BCUT2D eigenvalue weighted by Gasteiger charge is 2.08. The molecule has 0 bridgehead atoms. The van der Waals surface area contributed by atoms with Gasteiger partial charge in [0.05, 0.1) is 5.56 Å². The van der Waals surface area contributed by atoms with E-state index in [1.54, 1.807) is 0 Å². The number of nitrogens with zero attached hydrogens (tertiary/aromatic N) is 2. The Labute approximate surface area is 120 Å². The molecule has 92 valence electrons.